The van der Waals surface area contributed by atoms with Gasteiger partial charge in [-0.25, -0.2) is 4.99 Å². The van der Waals surface area contributed by atoms with Gasteiger partial charge in [-0.3, -0.25) is 0 Å². The molecule has 0 fully saturated rings. The lowest BCUT2D eigenvalue weighted by molar-refractivity contribution is 0.168. The number of nitrogens with zero attached hydrogens (tertiary/aromatic N) is 1. The number of aliphatic imine (C=N–C) groups is 1. The Kier molecular flexibility index (Phi) is 4.60. The fourth-order valence-electron chi connectivity index (χ4n) is 1.18. The van der Waals surface area contributed by atoms with Crippen LogP contribution in [0.25, 0.3) is 0 Å². The first-order valence-corrected chi connectivity index (χ1v) is 5.00. The Bertz CT molecular complexity index is 286. The molecule has 0 aromatic carbocycles. The van der Waals surface area contributed by atoms with E-state index in [1.54, 1.807) is 0 Å². The Morgan fingerprint density at radius 3 is 2.93 bits per heavy atom. The Labute approximate surface area is 90.3 Å². The second-order valence-corrected chi connectivity index (χ2v) is 3.92. The molecule has 0 amide bonds. The molecule has 0 bridgehead atoms. The molecule has 0 radical (unpaired) electrons. The third-order valence-electron chi connectivity index (χ3n) is 1.86. The van der Waals surface area contributed by atoms with Crippen LogP contribution in [0.5, 0.6) is 0 Å². The molecule has 1 N–H and O–H groups in total. The molecule has 15 heavy (non-hydrogen) atoms. The highest BCUT2D eigenvalue weighted by Crippen LogP contribution is 2.17. The highest BCUT2D eigenvalue weighted by molar-refractivity contribution is 5.78. The van der Waals surface area contributed by atoms with E-state index in [2.05, 4.69) is 16.8 Å². The van der Waals surface area contributed by atoms with Gasteiger partial charge in [0.25, 0.3) is 0 Å². The van der Waals surface area contributed by atoms with Crippen LogP contribution in [0, 0.1) is 11.8 Å². The quantitative estimate of drug-likeness (QED) is 0.547. The molecule has 1 heterocycles. The first kappa shape index (κ1) is 12.0. The summed E-state index contributed by atoms with van der Waals surface area (Å²) in [5, 5.41) is 8.38. The lowest BCUT2D eigenvalue weighted by Crippen LogP contribution is -2.17. The van der Waals surface area contributed by atoms with E-state index in [0.717, 1.165) is 5.90 Å². The average Bonchev–Trinajstić information content (AvgIpc) is 2.52. The summed E-state index contributed by atoms with van der Waals surface area (Å²) >= 11 is 0. The number of aliphatic hydroxyl groups is 1. The van der Waals surface area contributed by atoms with E-state index in [1.807, 2.05) is 13.8 Å². The van der Waals surface area contributed by atoms with Gasteiger partial charge in [-0.15, -0.1) is 0 Å². The minimum Gasteiger partial charge on any atom is -0.478 e. The van der Waals surface area contributed by atoms with Gasteiger partial charge in [-0.1, -0.05) is 11.8 Å². The second kappa shape index (κ2) is 5.74. The molecule has 4 nitrogen and oxygen atoms in total. The molecule has 0 atom stereocenters. The summed E-state index contributed by atoms with van der Waals surface area (Å²) in [5.41, 5.74) is -0.0912. The maximum Gasteiger partial charge on any atom is 0.186 e. The first-order chi connectivity index (χ1) is 7.14. The van der Waals surface area contributed by atoms with E-state index in [4.69, 9.17) is 14.6 Å². The first-order valence-electron chi connectivity index (χ1n) is 5.00. The highest BCUT2D eigenvalue weighted by Gasteiger charge is 2.25. The molecule has 0 saturated carbocycles. The van der Waals surface area contributed by atoms with Gasteiger partial charge in [0.2, 0.25) is 0 Å². The minimum absolute atomic E-state index is 0.0912. The molecule has 84 valence electrons. The van der Waals surface area contributed by atoms with Gasteiger partial charge in [0.05, 0.1) is 12.1 Å². The topological polar surface area (TPSA) is 51.0 Å². The van der Waals surface area contributed by atoms with Gasteiger partial charge in [-0.05, 0) is 13.8 Å². The zero-order valence-electron chi connectivity index (χ0n) is 9.25. The van der Waals surface area contributed by atoms with Gasteiger partial charge in [0.15, 0.2) is 5.90 Å². The Morgan fingerprint density at radius 1 is 1.53 bits per heavy atom. The number of rotatable bonds is 4. The van der Waals surface area contributed by atoms with Crippen molar-refractivity contribution in [2.75, 3.05) is 26.4 Å². The standard InChI is InChI=1S/C11H17NO3/c1-11(2)9-15-10(12-11)5-8-14-7-4-3-6-13/h13H,5-9H2,1-2H3. The molecule has 1 rings (SSSR count). The number of ether oxygens (including phenoxy) is 2. The Morgan fingerprint density at radius 2 is 2.33 bits per heavy atom. The zero-order valence-corrected chi connectivity index (χ0v) is 9.25. The van der Waals surface area contributed by atoms with Crippen molar-refractivity contribution in [3.05, 3.63) is 0 Å². The number of hydrogen-bond donors (Lipinski definition) is 1. The van der Waals surface area contributed by atoms with Crippen molar-refractivity contribution >= 4 is 5.90 Å². The maximum atomic E-state index is 8.38. The average molecular weight is 211 g/mol. The fourth-order valence-corrected chi connectivity index (χ4v) is 1.18. The summed E-state index contributed by atoms with van der Waals surface area (Å²) in [7, 11) is 0. The van der Waals surface area contributed by atoms with Crippen LogP contribution < -0.4 is 0 Å². The normalized spacial score (nSPS) is 17.7. The third kappa shape index (κ3) is 4.82. The Balaban J connectivity index is 2.11. The van der Waals surface area contributed by atoms with Crippen LogP contribution in [0.15, 0.2) is 4.99 Å². The van der Waals surface area contributed by atoms with Crippen LogP contribution in [0.4, 0.5) is 0 Å². The van der Waals surface area contributed by atoms with E-state index in [9.17, 15) is 0 Å². The predicted molar refractivity (Wildman–Crippen MR) is 57.8 cm³/mol. The van der Waals surface area contributed by atoms with E-state index in [1.165, 1.54) is 0 Å². The van der Waals surface area contributed by atoms with Crippen molar-refractivity contribution in [3.63, 3.8) is 0 Å². The highest BCUT2D eigenvalue weighted by atomic mass is 16.5. The lowest BCUT2D eigenvalue weighted by atomic mass is 10.1. The summed E-state index contributed by atoms with van der Waals surface area (Å²) in [6.45, 7) is 5.49. The van der Waals surface area contributed by atoms with Crippen molar-refractivity contribution in [2.24, 2.45) is 4.99 Å². The van der Waals surface area contributed by atoms with Crippen molar-refractivity contribution < 1.29 is 14.6 Å². The molecular formula is C11H17NO3. The fraction of sp³-hybridized carbons (Fsp3) is 0.727. The summed E-state index contributed by atoms with van der Waals surface area (Å²) < 4.78 is 10.6. The van der Waals surface area contributed by atoms with Crippen LogP contribution in [0.3, 0.4) is 0 Å². The van der Waals surface area contributed by atoms with Gasteiger partial charge < -0.3 is 14.6 Å². The third-order valence-corrected chi connectivity index (χ3v) is 1.86. The second-order valence-electron chi connectivity index (χ2n) is 3.92. The molecule has 0 unspecified atom stereocenters. The van der Waals surface area contributed by atoms with Crippen molar-refractivity contribution in [2.45, 2.75) is 25.8 Å². The van der Waals surface area contributed by atoms with Gasteiger partial charge in [-0.2, -0.15) is 0 Å². The minimum atomic E-state index is -0.118. The molecule has 0 saturated heterocycles. The van der Waals surface area contributed by atoms with E-state index >= 15 is 0 Å². The van der Waals surface area contributed by atoms with Crippen molar-refractivity contribution in [1.82, 2.24) is 0 Å². The molecule has 1 aliphatic rings. The lowest BCUT2D eigenvalue weighted by Gasteiger charge is -2.07. The van der Waals surface area contributed by atoms with Crippen LogP contribution >= 0.6 is 0 Å². The van der Waals surface area contributed by atoms with Crippen molar-refractivity contribution in [3.8, 4) is 11.8 Å². The van der Waals surface area contributed by atoms with Crippen LogP contribution in [0.1, 0.15) is 20.3 Å². The smallest absolute Gasteiger partial charge is 0.186 e. The maximum absolute atomic E-state index is 8.38. The molecule has 4 heteroatoms. The van der Waals surface area contributed by atoms with E-state index < -0.39 is 0 Å². The number of aliphatic hydroxyl groups excluding tert-OH is 1. The van der Waals surface area contributed by atoms with Crippen molar-refractivity contribution in [1.29, 1.82) is 0 Å². The SMILES string of the molecule is CC1(C)COC(CCOCC#CCO)=N1. The zero-order chi connectivity index (χ0) is 11.1. The Hall–Kier alpha value is -1.05. The van der Waals surface area contributed by atoms with Crippen LogP contribution in [-0.4, -0.2) is 43.0 Å². The summed E-state index contributed by atoms with van der Waals surface area (Å²) in [5.74, 6) is 5.94. The predicted octanol–water partition coefficient (Wildman–Crippen LogP) is 0.596. The van der Waals surface area contributed by atoms with Gasteiger partial charge in [0, 0.05) is 6.42 Å². The molecular weight excluding hydrogens is 194 g/mol. The van der Waals surface area contributed by atoms with Crippen LogP contribution in [-0.2, 0) is 9.47 Å². The van der Waals surface area contributed by atoms with Crippen LogP contribution in [0.2, 0.25) is 0 Å². The summed E-state index contributed by atoms with van der Waals surface area (Å²) in [6, 6.07) is 0. The summed E-state index contributed by atoms with van der Waals surface area (Å²) in [4.78, 5) is 4.39. The largest absolute Gasteiger partial charge is 0.478 e. The van der Waals surface area contributed by atoms with E-state index in [0.29, 0.717) is 26.2 Å². The van der Waals surface area contributed by atoms with Gasteiger partial charge in [0.1, 0.15) is 19.8 Å². The summed E-state index contributed by atoms with van der Waals surface area (Å²) in [6.07, 6.45) is 0.685. The molecule has 0 spiro atoms. The van der Waals surface area contributed by atoms with E-state index in [-0.39, 0.29) is 12.1 Å². The molecule has 0 aliphatic carbocycles. The molecule has 0 aromatic rings. The molecule has 1 aliphatic heterocycles. The number of hydrogen-bond acceptors (Lipinski definition) is 4. The monoisotopic (exact) mass is 211 g/mol. The van der Waals surface area contributed by atoms with Gasteiger partial charge >= 0.3 is 0 Å². The molecule has 0 aromatic heterocycles.